The number of anilines is 1. The molecule has 10 heteroatoms. The molecule has 1 aliphatic rings. The highest BCUT2D eigenvalue weighted by Gasteiger charge is 2.51. The quantitative estimate of drug-likeness (QED) is 0.334. The molecular weight excluding hydrogens is 497 g/mol. The molecule has 1 aliphatic carbocycles. The second-order valence-electron chi connectivity index (χ2n) is 9.94. The number of benzene rings is 2. The van der Waals surface area contributed by atoms with E-state index in [1.807, 2.05) is 48.9 Å². The second-order valence-corrected chi connectivity index (χ2v) is 9.94. The molecule has 5 aromatic rings. The van der Waals surface area contributed by atoms with Crippen molar-refractivity contribution in [1.82, 2.24) is 24.5 Å². The maximum absolute atomic E-state index is 13.7. The largest absolute Gasteiger partial charge is 0.350 e. The number of pyridine rings is 1. The molecule has 2 aromatic carbocycles. The Morgan fingerprint density at radius 2 is 1.92 bits per heavy atom. The van der Waals surface area contributed by atoms with Gasteiger partial charge in [0.25, 0.3) is 5.91 Å². The van der Waals surface area contributed by atoms with Crippen LogP contribution in [0.5, 0.6) is 0 Å². The number of rotatable bonds is 6. The number of aromatic nitrogens is 4. The number of fused-ring (bicyclic) bond motifs is 2. The third kappa shape index (κ3) is 4.38. The highest BCUT2D eigenvalue weighted by atomic mass is 19.1. The number of nitrogens with one attached hydrogen (secondary N) is 2. The lowest BCUT2D eigenvalue weighted by atomic mass is 10.0. The highest BCUT2D eigenvalue weighted by molar-refractivity contribution is 6.08. The van der Waals surface area contributed by atoms with Gasteiger partial charge in [-0.05, 0) is 72.9 Å². The maximum Gasteiger partial charge on any atom is 0.253 e. The Hall–Kier alpha value is -5.04. The fourth-order valence-electron chi connectivity index (χ4n) is 4.74. The zero-order valence-electron chi connectivity index (χ0n) is 21.3. The predicted octanol–water partition coefficient (Wildman–Crippen LogP) is 4.76. The Morgan fingerprint density at radius 1 is 1.13 bits per heavy atom. The standard InChI is InChI=1S/C29H24FN7O2/c1-17(18-4-3-5-21(30)12-18)32-26(38)23-15-36(2)24-7-6-19(13-22(23)24)20-8-11-37-25(14-20)33-28(35-37)34-27(39)29(16-31)9-10-29/h3-8,11-15,17H,9-10H2,1-2H3,(H,32,38)(H,34,35,39)/t17-/m0/s1. The van der Waals surface area contributed by atoms with Crippen LogP contribution in [0.15, 0.2) is 67.0 Å². The van der Waals surface area contributed by atoms with Crippen LogP contribution in [0.4, 0.5) is 10.3 Å². The summed E-state index contributed by atoms with van der Waals surface area (Å²) in [5.41, 5.74) is 3.38. The van der Waals surface area contributed by atoms with Crippen molar-refractivity contribution in [3.63, 3.8) is 0 Å². The van der Waals surface area contributed by atoms with Gasteiger partial charge >= 0.3 is 0 Å². The molecule has 0 spiro atoms. The summed E-state index contributed by atoms with van der Waals surface area (Å²) in [4.78, 5) is 30.1. The van der Waals surface area contributed by atoms with Crippen molar-refractivity contribution in [2.24, 2.45) is 12.5 Å². The molecule has 1 atom stereocenters. The van der Waals surface area contributed by atoms with Crippen LogP contribution >= 0.6 is 0 Å². The number of nitriles is 1. The Labute approximate surface area is 222 Å². The van der Waals surface area contributed by atoms with E-state index in [0.29, 0.717) is 29.6 Å². The molecule has 6 rings (SSSR count). The number of nitrogens with zero attached hydrogens (tertiary/aromatic N) is 5. The summed E-state index contributed by atoms with van der Waals surface area (Å²) in [6, 6.07) is 17.5. The fraction of sp³-hybridized carbons (Fsp3) is 0.207. The van der Waals surface area contributed by atoms with Crippen molar-refractivity contribution in [2.75, 3.05) is 5.32 Å². The highest BCUT2D eigenvalue weighted by Crippen LogP contribution is 2.45. The first-order chi connectivity index (χ1) is 18.8. The number of carbonyl (C=O) groups excluding carboxylic acids is 2. The van der Waals surface area contributed by atoms with Gasteiger partial charge in [-0.15, -0.1) is 5.10 Å². The van der Waals surface area contributed by atoms with Crippen LogP contribution in [0.3, 0.4) is 0 Å². The van der Waals surface area contributed by atoms with Gasteiger partial charge in [-0.3, -0.25) is 14.9 Å². The monoisotopic (exact) mass is 521 g/mol. The number of hydrogen-bond donors (Lipinski definition) is 2. The molecule has 0 aliphatic heterocycles. The van der Waals surface area contributed by atoms with E-state index in [0.717, 1.165) is 22.0 Å². The molecule has 0 unspecified atom stereocenters. The smallest absolute Gasteiger partial charge is 0.253 e. The number of carbonyl (C=O) groups is 2. The van der Waals surface area contributed by atoms with Crippen molar-refractivity contribution in [2.45, 2.75) is 25.8 Å². The van der Waals surface area contributed by atoms with Gasteiger partial charge in [0.05, 0.1) is 17.7 Å². The lowest BCUT2D eigenvalue weighted by Gasteiger charge is -2.14. The van der Waals surface area contributed by atoms with E-state index < -0.39 is 5.41 Å². The molecule has 3 heterocycles. The van der Waals surface area contributed by atoms with Crippen LogP contribution in [0.1, 0.15) is 41.7 Å². The van der Waals surface area contributed by atoms with Gasteiger partial charge in [-0.25, -0.2) is 8.91 Å². The lowest BCUT2D eigenvalue weighted by Crippen LogP contribution is -2.26. The van der Waals surface area contributed by atoms with Gasteiger partial charge < -0.3 is 9.88 Å². The molecule has 39 heavy (non-hydrogen) atoms. The molecule has 0 bridgehead atoms. The molecule has 1 fully saturated rings. The van der Waals surface area contributed by atoms with Gasteiger partial charge in [-0.1, -0.05) is 18.2 Å². The molecule has 9 nitrogen and oxygen atoms in total. The van der Waals surface area contributed by atoms with Crippen LogP contribution in [0.2, 0.25) is 0 Å². The summed E-state index contributed by atoms with van der Waals surface area (Å²) in [7, 11) is 1.88. The predicted molar refractivity (Wildman–Crippen MR) is 143 cm³/mol. The summed E-state index contributed by atoms with van der Waals surface area (Å²) in [5, 5.41) is 19.9. The summed E-state index contributed by atoms with van der Waals surface area (Å²) >= 11 is 0. The lowest BCUT2D eigenvalue weighted by molar-refractivity contribution is -0.119. The summed E-state index contributed by atoms with van der Waals surface area (Å²) in [6.07, 6.45) is 4.61. The van der Waals surface area contributed by atoms with E-state index in [9.17, 15) is 19.2 Å². The SMILES string of the molecule is C[C@H](NC(=O)c1cn(C)c2ccc(-c3ccn4nc(NC(=O)C5(C#N)CC5)nc4c3)cc12)c1cccc(F)c1. The Kier molecular flexibility index (Phi) is 5.65. The van der Waals surface area contributed by atoms with E-state index in [-0.39, 0.29) is 29.6 Å². The normalized spacial score (nSPS) is 14.6. The van der Waals surface area contributed by atoms with Gasteiger partial charge in [0, 0.05) is 30.3 Å². The molecule has 3 aromatic heterocycles. The summed E-state index contributed by atoms with van der Waals surface area (Å²) in [6.45, 7) is 1.82. The molecule has 0 radical (unpaired) electrons. The molecule has 194 valence electrons. The van der Waals surface area contributed by atoms with Crippen molar-refractivity contribution >= 4 is 34.3 Å². The first-order valence-electron chi connectivity index (χ1n) is 12.5. The molecule has 2 amide bonds. The van der Waals surface area contributed by atoms with Crippen LogP contribution in [-0.4, -0.2) is 31.0 Å². The van der Waals surface area contributed by atoms with Gasteiger partial charge in [-0.2, -0.15) is 10.2 Å². The fourth-order valence-corrected chi connectivity index (χ4v) is 4.74. The summed E-state index contributed by atoms with van der Waals surface area (Å²) < 4.78 is 17.1. The van der Waals surface area contributed by atoms with Crippen LogP contribution < -0.4 is 10.6 Å². The van der Waals surface area contributed by atoms with Gasteiger partial charge in [0.2, 0.25) is 11.9 Å². The van der Waals surface area contributed by atoms with Crippen molar-refractivity contribution in [3.8, 4) is 17.2 Å². The molecule has 1 saturated carbocycles. The molecule has 0 saturated heterocycles. The Bertz CT molecular complexity index is 1830. The Balaban J connectivity index is 1.28. The van der Waals surface area contributed by atoms with Gasteiger partial charge in [0.1, 0.15) is 11.2 Å². The minimum absolute atomic E-state index is 0.142. The third-order valence-electron chi connectivity index (χ3n) is 7.23. The van der Waals surface area contributed by atoms with Crippen molar-refractivity contribution < 1.29 is 14.0 Å². The number of amides is 2. The topological polar surface area (TPSA) is 117 Å². The van der Waals surface area contributed by atoms with E-state index in [1.165, 1.54) is 12.1 Å². The average Bonchev–Trinajstić information content (AvgIpc) is 3.53. The third-order valence-corrected chi connectivity index (χ3v) is 7.23. The summed E-state index contributed by atoms with van der Waals surface area (Å²) in [5.74, 6) is -0.845. The van der Waals surface area contributed by atoms with Crippen molar-refractivity contribution in [3.05, 3.63) is 83.9 Å². The van der Waals surface area contributed by atoms with Crippen LogP contribution in [0, 0.1) is 22.6 Å². The first-order valence-corrected chi connectivity index (χ1v) is 12.5. The Morgan fingerprint density at radius 3 is 2.67 bits per heavy atom. The van der Waals surface area contributed by atoms with Gasteiger partial charge in [0.15, 0.2) is 5.65 Å². The molecule has 2 N–H and O–H groups in total. The van der Waals surface area contributed by atoms with E-state index in [2.05, 4.69) is 26.8 Å². The second kappa shape index (κ2) is 9.06. The molecular formula is C29H24FN7O2. The van der Waals surface area contributed by atoms with Crippen LogP contribution in [-0.2, 0) is 11.8 Å². The van der Waals surface area contributed by atoms with Crippen LogP contribution in [0.25, 0.3) is 27.7 Å². The van der Waals surface area contributed by atoms with E-state index >= 15 is 0 Å². The maximum atomic E-state index is 13.7. The number of aryl methyl sites for hydroxylation is 1. The van der Waals surface area contributed by atoms with E-state index in [1.54, 1.807) is 29.0 Å². The van der Waals surface area contributed by atoms with E-state index in [4.69, 9.17) is 0 Å². The minimum atomic E-state index is -0.965. The number of hydrogen-bond acceptors (Lipinski definition) is 5. The zero-order chi connectivity index (χ0) is 27.3. The zero-order valence-corrected chi connectivity index (χ0v) is 21.3. The first kappa shape index (κ1) is 24.3. The average molecular weight is 522 g/mol. The van der Waals surface area contributed by atoms with Crippen molar-refractivity contribution in [1.29, 1.82) is 5.26 Å². The number of halogens is 1. The minimum Gasteiger partial charge on any atom is -0.350 e.